The lowest BCUT2D eigenvalue weighted by Gasteiger charge is -2.22. The van der Waals surface area contributed by atoms with E-state index in [4.69, 9.17) is 9.47 Å². The predicted octanol–water partition coefficient (Wildman–Crippen LogP) is 13.2. The molecule has 310 valence electrons. The van der Waals surface area contributed by atoms with Crippen LogP contribution in [0.15, 0.2) is 0 Å². The molecule has 0 saturated heterocycles. The van der Waals surface area contributed by atoms with Gasteiger partial charge in [0.1, 0.15) is 0 Å². The Balaban J connectivity index is 3.99. The fraction of sp³-hybridized carbons (Fsp3) is 0.957. The quantitative estimate of drug-likeness (QED) is 0.0496. The molecule has 0 saturated carbocycles. The highest BCUT2D eigenvalue weighted by Crippen LogP contribution is 2.21. The number of rotatable bonds is 42. The first-order chi connectivity index (χ1) is 25.5. The standard InChI is InChI=1S/C46H91NO5/c1-5-9-13-25-35-43(33-11-7-3)45(49)51-41-31-23-19-15-17-21-27-37-47(39-29-30-40-48)38-28-22-18-16-20-24-32-42-52-46(50)44(34-12-8-4)36-26-14-10-6-2/h43-44,48H,5-42H2,1-4H3. The second-order valence-corrected chi connectivity index (χ2v) is 15.9. The van der Waals surface area contributed by atoms with Crippen LogP contribution in [0.1, 0.15) is 233 Å². The Hall–Kier alpha value is -1.14. The van der Waals surface area contributed by atoms with E-state index in [2.05, 4.69) is 32.6 Å². The van der Waals surface area contributed by atoms with Crippen LogP contribution in [0.2, 0.25) is 0 Å². The van der Waals surface area contributed by atoms with Crippen LogP contribution in [-0.2, 0) is 19.1 Å². The van der Waals surface area contributed by atoms with Crippen molar-refractivity contribution in [3.8, 4) is 0 Å². The van der Waals surface area contributed by atoms with E-state index in [1.807, 2.05) is 0 Å². The van der Waals surface area contributed by atoms with Crippen LogP contribution in [0.3, 0.4) is 0 Å². The fourth-order valence-electron chi connectivity index (χ4n) is 7.30. The van der Waals surface area contributed by atoms with Crippen molar-refractivity contribution in [3.63, 3.8) is 0 Å². The summed E-state index contributed by atoms with van der Waals surface area (Å²) in [7, 11) is 0. The highest BCUT2D eigenvalue weighted by molar-refractivity contribution is 5.72. The molecule has 6 heteroatoms. The third-order valence-corrected chi connectivity index (χ3v) is 10.9. The van der Waals surface area contributed by atoms with Gasteiger partial charge in [-0.15, -0.1) is 0 Å². The lowest BCUT2D eigenvalue weighted by Crippen LogP contribution is -2.27. The molecule has 0 aliphatic carbocycles. The van der Waals surface area contributed by atoms with E-state index < -0.39 is 0 Å². The van der Waals surface area contributed by atoms with Gasteiger partial charge in [0.25, 0.3) is 0 Å². The molecule has 0 bridgehead atoms. The zero-order valence-corrected chi connectivity index (χ0v) is 35.6. The number of aliphatic hydroxyl groups excluding tert-OH is 1. The Bertz CT molecular complexity index is 690. The van der Waals surface area contributed by atoms with E-state index in [-0.39, 0.29) is 23.8 Å². The minimum absolute atomic E-state index is 0.0546. The van der Waals surface area contributed by atoms with E-state index >= 15 is 0 Å². The van der Waals surface area contributed by atoms with Crippen molar-refractivity contribution >= 4 is 11.9 Å². The second-order valence-electron chi connectivity index (χ2n) is 15.9. The van der Waals surface area contributed by atoms with Crippen LogP contribution in [0.5, 0.6) is 0 Å². The number of nitrogens with zero attached hydrogens (tertiary/aromatic N) is 1. The lowest BCUT2D eigenvalue weighted by molar-refractivity contribution is -0.150. The van der Waals surface area contributed by atoms with Crippen molar-refractivity contribution in [1.29, 1.82) is 0 Å². The smallest absolute Gasteiger partial charge is 0.308 e. The first-order valence-electron chi connectivity index (χ1n) is 23.2. The molecule has 1 N–H and O–H groups in total. The van der Waals surface area contributed by atoms with Gasteiger partial charge in [0.2, 0.25) is 0 Å². The summed E-state index contributed by atoms with van der Waals surface area (Å²) in [6, 6.07) is 0. The number of esters is 2. The van der Waals surface area contributed by atoms with Crippen LogP contribution in [0.25, 0.3) is 0 Å². The number of carbonyl (C=O) groups is 2. The van der Waals surface area contributed by atoms with Crippen molar-refractivity contribution in [2.24, 2.45) is 11.8 Å². The summed E-state index contributed by atoms with van der Waals surface area (Å²) in [6.07, 6.45) is 37.3. The van der Waals surface area contributed by atoms with E-state index in [1.165, 1.54) is 116 Å². The van der Waals surface area contributed by atoms with Gasteiger partial charge < -0.3 is 19.5 Å². The molecule has 0 heterocycles. The van der Waals surface area contributed by atoms with Gasteiger partial charge >= 0.3 is 11.9 Å². The van der Waals surface area contributed by atoms with E-state index in [0.717, 1.165) is 109 Å². The molecular formula is C46H91NO5. The van der Waals surface area contributed by atoms with Crippen molar-refractivity contribution < 1.29 is 24.2 Å². The number of carbonyl (C=O) groups excluding carboxylic acids is 2. The first kappa shape index (κ1) is 50.9. The molecule has 0 radical (unpaired) electrons. The van der Waals surface area contributed by atoms with Gasteiger partial charge in [0.15, 0.2) is 0 Å². The predicted molar refractivity (Wildman–Crippen MR) is 223 cm³/mol. The third kappa shape index (κ3) is 33.4. The van der Waals surface area contributed by atoms with Crippen LogP contribution < -0.4 is 0 Å². The van der Waals surface area contributed by atoms with E-state index in [0.29, 0.717) is 19.8 Å². The maximum Gasteiger partial charge on any atom is 0.308 e. The molecule has 0 fully saturated rings. The number of hydrogen-bond donors (Lipinski definition) is 1. The molecular weight excluding hydrogens is 647 g/mol. The van der Waals surface area contributed by atoms with Gasteiger partial charge in [-0.25, -0.2) is 0 Å². The van der Waals surface area contributed by atoms with Crippen LogP contribution >= 0.6 is 0 Å². The summed E-state index contributed by atoms with van der Waals surface area (Å²) in [6.45, 7) is 13.8. The summed E-state index contributed by atoms with van der Waals surface area (Å²) in [5, 5.41) is 9.27. The maximum atomic E-state index is 12.7. The molecule has 6 nitrogen and oxygen atoms in total. The Morgan fingerprint density at radius 2 is 0.712 bits per heavy atom. The molecule has 0 rings (SSSR count). The van der Waals surface area contributed by atoms with Crippen molar-refractivity contribution in [2.45, 2.75) is 233 Å². The number of aliphatic hydroxyl groups is 1. The normalized spacial score (nSPS) is 12.7. The highest BCUT2D eigenvalue weighted by Gasteiger charge is 2.20. The average molecular weight is 738 g/mol. The Labute approximate surface area is 324 Å². The minimum Gasteiger partial charge on any atom is -0.465 e. The van der Waals surface area contributed by atoms with Crippen LogP contribution in [0, 0.1) is 11.8 Å². The highest BCUT2D eigenvalue weighted by atomic mass is 16.5. The molecule has 0 aliphatic heterocycles. The zero-order chi connectivity index (χ0) is 38.2. The van der Waals surface area contributed by atoms with Gasteiger partial charge in [-0.1, -0.05) is 169 Å². The molecule has 2 atom stereocenters. The van der Waals surface area contributed by atoms with Gasteiger partial charge in [0, 0.05) is 6.61 Å². The molecule has 0 aliphatic rings. The van der Waals surface area contributed by atoms with Gasteiger partial charge in [-0.3, -0.25) is 9.59 Å². The number of ether oxygens (including phenoxy) is 2. The van der Waals surface area contributed by atoms with E-state index in [1.54, 1.807) is 0 Å². The van der Waals surface area contributed by atoms with Gasteiger partial charge in [-0.05, 0) is 83.8 Å². The number of hydrogen-bond acceptors (Lipinski definition) is 6. The van der Waals surface area contributed by atoms with Gasteiger partial charge in [0.05, 0.1) is 25.0 Å². The molecule has 0 aromatic heterocycles. The van der Waals surface area contributed by atoms with Crippen LogP contribution in [-0.4, -0.2) is 61.4 Å². The van der Waals surface area contributed by atoms with Gasteiger partial charge in [-0.2, -0.15) is 0 Å². The first-order valence-corrected chi connectivity index (χ1v) is 23.2. The maximum absolute atomic E-state index is 12.7. The molecule has 52 heavy (non-hydrogen) atoms. The van der Waals surface area contributed by atoms with Crippen molar-refractivity contribution in [2.75, 3.05) is 39.5 Å². The monoisotopic (exact) mass is 738 g/mol. The largest absolute Gasteiger partial charge is 0.465 e. The Morgan fingerprint density at radius 1 is 0.404 bits per heavy atom. The third-order valence-electron chi connectivity index (χ3n) is 10.9. The lowest BCUT2D eigenvalue weighted by atomic mass is 9.95. The fourth-order valence-corrected chi connectivity index (χ4v) is 7.30. The molecule has 0 aromatic rings. The van der Waals surface area contributed by atoms with Crippen LogP contribution in [0.4, 0.5) is 0 Å². The second kappa shape index (κ2) is 41.0. The van der Waals surface area contributed by atoms with Crippen molar-refractivity contribution in [3.05, 3.63) is 0 Å². The van der Waals surface area contributed by atoms with E-state index in [9.17, 15) is 14.7 Å². The summed E-state index contributed by atoms with van der Waals surface area (Å²) in [5.74, 6) is 0.329. The minimum atomic E-state index is 0.0546. The molecule has 2 unspecified atom stereocenters. The average Bonchev–Trinajstić information content (AvgIpc) is 3.15. The SMILES string of the molecule is CCCCCCC(CCCC)C(=O)OCCCCCCCCCN(CCCCO)CCCCCCCCCOC(=O)C(CCCC)CCCCCC. The summed E-state index contributed by atoms with van der Waals surface area (Å²) in [5.41, 5.74) is 0. The summed E-state index contributed by atoms with van der Waals surface area (Å²) >= 11 is 0. The summed E-state index contributed by atoms with van der Waals surface area (Å²) in [4.78, 5) is 27.9. The topological polar surface area (TPSA) is 76.1 Å². The number of unbranched alkanes of at least 4 members (excludes halogenated alkanes) is 21. The van der Waals surface area contributed by atoms with Crippen molar-refractivity contribution in [1.82, 2.24) is 4.90 Å². The molecule has 0 spiro atoms. The zero-order valence-electron chi connectivity index (χ0n) is 35.6. The Kier molecular flexibility index (Phi) is 40.1. The Morgan fingerprint density at radius 3 is 1.08 bits per heavy atom. The summed E-state index contributed by atoms with van der Waals surface area (Å²) < 4.78 is 11.4. The molecule has 0 aromatic carbocycles. The molecule has 0 amide bonds.